The second kappa shape index (κ2) is 12.2. The number of rotatable bonds is 12. The smallest absolute Gasteiger partial charge is 0.246 e. The molecule has 0 aromatic heterocycles. The summed E-state index contributed by atoms with van der Waals surface area (Å²) in [5.74, 6) is -1.02. The lowest BCUT2D eigenvalue weighted by Crippen LogP contribution is -2.62. The SMILES string of the molecule is CCC(CC)(NC(=O)C(C)C)C(=O)N[C@@H](CCCN)C(=O)NCc1ccccc1. The van der Waals surface area contributed by atoms with Crippen LogP contribution in [-0.2, 0) is 20.9 Å². The largest absolute Gasteiger partial charge is 0.350 e. The van der Waals surface area contributed by atoms with Gasteiger partial charge in [0, 0.05) is 12.5 Å². The summed E-state index contributed by atoms with van der Waals surface area (Å²) in [6.07, 6.45) is 1.91. The quantitative estimate of drug-likeness (QED) is 0.426. The summed E-state index contributed by atoms with van der Waals surface area (Å²) >= 11 is 0. The molecular formula is C22H36N4O3. The molecule has 0 saturated carbocycles. The molecule has 1 rings (SSSR count). The number of amides is 3. The highest BCUT2D eigenvalue weighted by Crippen LogP contribution is 2.17. The van der Waals surface area contributed by atoms with Gasteiger partial charge in [-0.25, -0.2) is 0 Å². The summed E-state index contributed by atoms with van der Waals surface area (Å²) in [4.78, 5) is 38.1. The molecule has 0 aliphatic rings. The van der Waals surface area contributed by atoms with E-state index in [1.54, 1.807) is 13.8 Å². The molecular weight excluding hydrogens is 368 g/mol. The van der Waals surface area contributed by atoms with Gasteiger partial charge in [-0.1, -0.05) is 58.0 Å². The first kappa shape index (κ1) is 24.6. The molecule has 1 atom stereocenters. The predicted molar refractivity (Wildman–Crippen MR) is 115 cm³/mol. The second-order valence-corrected chi connectivity index (χ2v) is 7.59. The molecule has 0 heterocycles. The Bertz CT molecular complexity index is 657. The molecule has 0 saturated heterocycles. The fraction of sp³-hybridized carbons (Fsp3) is 0.591. The zero-order valence-electron chi connectivity index (χ0n) is 18.1. The fourth-order valence-electron chi connectivity index (χ4n) is 2.98. The Morgan fingerprint density at radius 3 is 2.17 bits per heavy atom. The summed E-state index contributed by atoms with van der Waals surface area (Å²) < 4.78 is 0. The zero-order chi connectivity index (χ0) is 21.9. The number of hydrogen-bond acceptors (Lipinski definition) is 4. The minimum atomic E-state index is -1.04. The normalized spacial score (nSPS) is 12.3. The Balaban J connectivity index is 2.88. The van der Waals surface area contributed by atoms with Crippen molar-refractivity contribution in [1.29, 1.82) is 0 Å². The molecule has 0 spiro atoms. The van der Waals surface area contributed by atoms with Gasteiger partial charge in [0.05, 0.1) is 0 Å². The monoisotopic (exact) mass is 404 g/mol. The molecule has 1 aromatic rings. The van der Waals surface area contributed by atoms with Crippen LogP contribution in [0.5, 0.6) is 0 Å². The molecule has 0 radical (unpaired) electrons. The highest BCUT2D eigenvalue weighted by atomic mass is 16.2. The molecule has 0 bridgehead atoms. The van der Waals surface area contributed by atoms with Crippen molar-refractivity contribution < 1.29 is 14.4 Å². The van der Waals surface area contributed by atoms with Crippen molar-refractivity contribution in [1.82, 2.24) is 16.0 Å². The maximum Gasteiger partial charge on any atom is 0.246 e. The number of carbonyl (C=O) groups excluding carboxylic acids is 3. The van der Waals surface area contributed by atoms with Gasteiger partial charge in [-0.05, 0) is 37.8 Å². The molecule has 0 aliphatic carbocycles. The van der Waals surface area contributed by atoms with Crippen LogP contribution in [0.25, 0.3) is 0 Å². The van der Waals surface area contributed by atoms with Gasteiger partial charge in [0.1, 0.15) is 11.6 Å². The van der Waals surface area contributed by atoms with E-state index in [0.717, 1.165) is 5.56 Å². The van der Waals surface area contributed by atoms with Crippen molar-refractivity contribution in [3.63, 3.8) is 0 Å². The number of nitrogens with one attached hydrogen (secondary N) is 3. The average Bonchev–Trinajstić information content (AvgIpc) is 2.73. The van der Waals surface area contributed by atoms with Crippen LogP contribution >= 0.6 is 0 Å². The van der Waals surface area contributed by atoms with Gasteiger partial charge in [0.15, 0.2) is 0 Å². The number of carbonyl (C=O) groups is 3. The first-order valence-electron chi connectivity index (χ1n) is 10.4. The topological polar surface area (TPSA) is 113 Å². The Hall–Kier alpha value is -2.41. The minimum absolute atomic E-state index is 0.184. The minimum Gasteiger partial charge on any atom is -0.350 e. The third kappa shape index (κ3) is 7.49. The van der Waals surface area contributed by atoms with Gasteiger partial charge in [-0.2, -0.15) is 0 Å². The van der Waals surface area contributed by atoms with E-state index in [2.05, 4.69) is 16.0 Å². The van der Waals surface area contributed by atoms with Crippen molar-refractivity contribution in [3.05, 3.63) is 35.9 Å². The van der Waals surface area contributed by atoms with Crippen LogP contribution in [0.2, 0.25) is 0 Å². The highest BCUT2D eigenvalue weighted by molar-refractivity contribution is 5.95. The molecule has 162 valence electrons. The highest BCUT2D eigenvalue weighted by Gasteiger charge is 2.38. The molecule has 1 aromatic carbocycles. The van der Waals surface area contributed by atoms with E-state index in [-0.39, 0.29) is 23.6 Å². The van der Waals surface area contributed by atoms with Crippen molar-refractivity contribution in [2.75, 3.05) is 6.54 Å². The number of benzene rings is 1. The Morgan fingerprint density at radius 2 is 1.66 bits per heavy atom. The lowest BCUT2D eigenvalue weighted by atomic mass is 9.90. The van der Waals surface area contributed by atoms with Crippen LogP contribution < -0.4 is 21.7 Å². The van der Waals surface area contributed by atoms with Gasteiger partial charge in [0.25, 0.3) is 0 Å². The van der Waals surface area contributed by atoms with Crippen LogP contribution in [0.15, 0.2) is 30.3 Å². The van der Waals surface area contributed by atoms with E-state index in [0.29, 0.717) is 38.8 Å². The molecule has 3 amide bonds. The zero-order valence-corrected chi connectivity index (χ0v) is 18.1. The molecule has 29 heavy (non-hydrogen) atoms. The lowest BCUT2D eigenvalue weighted by Gasteiger charge is -2.33. The Kier molecular flexibility index (Phi) is 10.4. The first-order valence-corrected chi connectivity index (χ1v) is 10.4. The lowest BCUT2D eigenvalue weighted by molar-refractivity contribution is -0.137. The number of hydrogen-bond donors (Lipinski definition) is 4. The third-order valence-corrected chi connectivity index (χ3v) is 5.16. The summed E-state index contributed by atoms with van der Waals surface area (Å²) in [5.41, 5.74) is 5.55. The summed E-state index contributed by atoms with van der Waals surface area (Å²) in [5, 5.41) is 8.61. The van der Waals surface area contributed by atoms with Crippen molar-refractivity contribution in [3.8, 4) is 0 Å². The van der Waals surface area contributed by atoms with Crippen LogP contribution in [0.3, 0.4) is 0 Å². The molecule has 5 N–H and O–H groups in total. The van der Waals surface area contributed by atoms with E-state index < -0.39 is 11.6 Å². The summed E-state index contributed by atoms with van der Waals surface area (Å²) in [6, 6.07) is 8.87. The third-order valence-electron chi connectivity index (χ3n) is 5.16. The maximum absolute atomic E-state index is 13.1. The standard InChI is InChI=1S/C22H36N4O3/c1-5-22(6-2,26-19(27)16(3)4)21(29)25-18(13-10-14-23)20(28)24-15-17-11-8-7-9-12-17/h7-9,11-12,16,18H,5-6,10,13-15,23H2,1-4H3,(H,24,28)(H,25,29)(H,26,27)/t18-/m0/s1. The van der Waals surface area contributed by atoms with Crippen LogP contribution in [0, 0.1) is 5.92 Å². The molecule has 0 fully saturated rings. The first-order chi connectivity index (χ1) is 13.8. The van der Waals surface area contributed by atoms with Gasteiger partial charge in [-0.15, -0.1) is 0 Å². The summed E-state index contributed by atoms with van der Waals surface area (Å²) in [7, 11) is 0. The molecule has 0 aliphatic heterocycles. The van der Waals surface area contributed by atoms with E-state index in [4.69, 9.17) is 5.73 Å². The number of nitrogens with two attached hydrogens (primary N) is 1. The van der Waals surface area contributed by atoms with Gasteiger partial charge in [0.2, 0.25) is 17.7 Å². The van der Waals surface area contributed by atoms with Gasteiger partial charge < -0.3 is 21.7 Å². The Morgan fingerprint density at radius 1 is 1.03 bits per heavy atom. The van der Waals surface area contributed by atoms with Gasteiger partial charge >= 0.3 is 0 Å². The van der Waals surface area contributed by atoms with E-state index in [9.17, 15) is 14.4 Å². The van der Waals surface area contributed by atoms with E-state index in [1.807, 2.05) is 44.2 Å². The average molecular weight is 405 g/mol. The van der Waals surface area contributed by atoms with Gasteiger partial charge in [-0.3, -0.25) is 14.4 Å². The molecule has 0 unspecified atom stereocenters. The second-order valence-electron chi connectivity index (χ2n) is 7.59. The van der Waals surface area contributed by atoms with Crippen molar-refractivity contribution in [2.45, 2.75) is 71.5 Å². The fourth-order valence-corrected chi connectivity index (χ4v) is 2.98. The molecule has 7 nitrogen and oxygen atoms in total. The molecule has 7 heteroatoms. The van der Waals surface area contributed by atoms with Crippen LogP contribution in [-0.4, -0.2) is 35.8 Å². The predicted octanol–water partition coefficient (Wildman–Crippen LogP) is 1.86. The maximum atomic E-state index is 13.1. The summed E-state index contributed by atoms with van der Waals surface area (Å²) in [6.45, 7) is 8.08. The van der Waals surface area contributed by atoms with Crippen molar-refractivity contribution >= 4 is 17.7 Å². The van der Waals surface area contributed by atoms with E-state index in [1.165, 1.54) is 0 Å². The van der Waals surface area contributed by atoms with Crippen molar-refractivity contribution in [2.24, 2.45) is 11.7 Å². The van der Waals surface area contributed by atoms with E-state index >= 15 is 0 Å². The van der Waals surface area contributed by atoms with Crippen LogP contribution in [0.1, 0.15) is 58.9 Å². The Labute approximate surface area is 174 Å². The van der Waals surface area contributed by atoms with Crippen LogP contribution in [0.4, 0.5) is 0 Å².